The molecule has 19 heavy (non-hydrogen) atoms. The Morgan fingerprint density at radius 3 is 1.84 bits per heavy atom. The topological polar surface area (TPSA) is 3.24 Å². The van der Waals surface area contributed by atoms with Gasteiger partial charge in [0.15, 0.2) is 0 Å². The van der Waals surface area contributed by atoms with E-state index in [0.29, 0.717) is 0 Å². The Kier molecular flexibility index (Phi) is 9.12. The van der Waals surface area contributed by atoms with Crippen LogP contribution in [0.5, 0.6) is 0 Å². The normalized spacial score (nSPS) is 17.1. The van der Waals surface area contributed by atoms with E-state index in [1.54, 1.807) is 11.8 Å². The molecule has 0 fully saturated rings. The van der Waals surface area contributed by atoms with Crippen LogP contribution in [0.15, 0.2) is 21.6 Å². The van der Waals surface area contributed by atoms with Gasteiger partial charge in [-0.3, -0.25) is 0 Å². The van der Waals surface area contributed by atoms with Crippen LogP contribution in [0.2, 0.25) is 0 Å². The summed E-state index contributed by atoms with van der Waals surface area (Å²) in [5, 5.41) is 0. The second-order valence-corrected chi connectivity index (χ2v) is 10.5. The molecule has 0 radical (unpaired) electrons. The predicted octanol–water partition coefficient (Wildman–Crippen LogP) is 5.59. The summed E-state index contributed by atoms with van der Waals surface area (Å²) in [4.78, 5) is 3.40. The van der Waals surface area contributed by atoms with Crippen LogP contribution in [-0.2, 0) is 20.8 Å². The Hall–Kier alpha value is 1.18. The summed E-state index contributed by atoms with van der Waals surface area (Å²) in [6.45, 7) is 11.2. The van der Waals surface area contributed by atoms with E-state index >= 15 is 0 Å². The van der Waals surface area contributed by atoms with Crippen LogP contribution in [0.3, 0.4) is 0 Å². The zero-order valence-corrected chi connectivity index (χ0v) is 18.1. The second kappa shape index (κ2) is 8.58. The van der Waals surface area contributed by atoms with Crippen molar-refractivity contribution in [3.8, 4) is 0 Å². The maximum absolute atomic E-state index is 5.38. The first-order valence-corrected chi connectivity index (χ1v) is 13.4. The van der Waals surface area contributed by atoms with Crippen molar-refractivity contribution in [2.24, 2.45) is 5.41 Å². The molecule has 0 saturated carbocycles. The van der Waals surface area contributed by atoms with Crippen LogP contribution in [0.25, 0.3) is 0 Å². The minimum atomic E-state index is -0.826. The van der Waals surface area contributed by atoms with E-state index in [1.807, 2.05) is 19.0 Å². The molecule has 108 valence electrons. The van der Waals surface area contributed by atoms with Crippen LogP contribution in [0.1, 0.15) is 34.6 Å². The van der Waals surface area contributed by atoms with Gasteiger partial charge in [0.05, 0.1) is 0 Å². The molecule has 0 N–H and O–H groups in total. The third kappa shape index (κ3) is 5.14. The fourth-order valence-electron chi connectivity index (χ4n) is 1.94. The molecular weight excluding hydrogens is 396 g/mol. The maximum atomic E-state index is 5.38. The van der Waals surface area contributed by atoms with E-state index in [-0.39, 0.29) is 5.41 Å². The van der Waals surface area contributed by atoms with E-state index in [1.165, 1.54) is 21.6 Å². The van der Waals surface area contributed by atoms with Gasteiger partial charge in [0.25, 0.3) is 0 Å². The number of halogens is 2. The van der Waals surface area contributed by atoms with Gasteiger partial charge in [-0.15, -0.1) is 0 Å². The van der Waals surface area contributed by atoms with Gasteiger partial charge >= 0.3 is 37.9 Å². The van der Waals surface area contributed by atoms with Crippen LogP contribution < -0.4 is 0 Å². The van der Waals surface area contributed by atoms with E-state index in [0.717, 1.165) is 4.32 Å². The summed E-state index contributed by atoms with van der Waals surface area (Å²) in [6.07, 6.45) is 0. The van der Waals surface area contributed by atoms with E-state index in [4.69, 9.17) is 29.2 Å². The molecule has 1 rings (SSSR count). The number of thiocarbonyl (C=S) groups is 1. The Balaban J connectivity index is 0.000000982. The monoisotopic (exact) mass is 415 g/mol. The fourth-order valence-corrected chi connectivity index (χ4v) is 3.26. The Bertz CT molecular complexity index is 415. The minimum absolute atomic E-state index is 0.138. The standard InChI is InChI=1S/C13H21NS2.2ClH.Zr/c1-8-9(2)11(13(4,5)10(8)3)16-12(15)14(6)7;;;/h1-7H3;2*1H;/q;;;+2/p-2. The summed E-state index contributed by atoms with van der Waals surface area (Å²) in [5.41, 5.74) is 4.43. The van der Waals surface area contributed by atoms with E-state index in [9.17, 15) is 0 Å². The van der Waals surface area contributed by atoms with Crippen LogP contribution in [0.4, 0.5) is 0 Å². The van der Waals surface area contributed by atoms with Crippen LogP contribution in [-0.4, -0.2) is 23.3 Å². The molecule has 0 bridgehead atoms. The molecular formula is C13H21Cl2NS2Zr. The molecule has 0 saturated heterocycles. The first-order valence-electron chi connectivity index (χ1n) is 5.86. The average Bonchev–Trinajstić information content (AvgIpc) is 2.45. The molecule has 0 aromatic heterocycles. The Morgan fingerprint density at radius 1 is 1.16 bits per heavy atom. The molecule has 0 aromatic carbocycles. The number of hydrogen-bond donors (Lipinski definition) is 0. The molecule has 0 unspecified atom stereocenters. The van der Waals surface area contributed by atoms with Gasteiger partial charge < -0.3 is 4.90 Å². The van der Waals surface area contributed by atoms with Gasteiger partial charge in [-0.1, -0.05) is 43.4 Å². The number of allylic oxidation sites excluding steroid dienone is 4. The van der Waals surface area contributed by atoms with Crippen LogP contribution >= 0.6 is 41.0 Å². The van der Waals surface area contributed by atoms with Crippen molar-refractivity contribution in [1.82, 2.24) is 4.90 Å². The number of rotatable bonds is 1. The van der Waals surface area contributed by atoms with Gasteiger partial charge in [-0.05, 0) is 31.9 Å². The summed E-state index contributed by atoms with van der Waals surface area (Å²) < 4.78 is 0.935. The van der Waals surface area contributed by atoms with Gasteiger partial charge in [0, 0.05) is 24.4 Å². The quantitative estimate of drug-likeness (QED) is 0.512. The molecule has 0 atom stereocenters. The number of nitrogens with zero attached hydrogens (tertiary/aromatic N) is 1. The van der Waals surface area contributed by atoms with Crippen LogP contribution in [0, 0.1) is 5.41 Å². The zero-order valence-electron chi connectivity index (χ0n) is 12.5. The second-order valence-electron chi connectivity index (χ2n) is 5.16. The van der Waals surface area contributed by atoms with Gasteiger partial charge in [-0.2, -0.15) is 0 Å². The van der Waals surface area contributed by atoms with Crippen molar-refractivity contribution in [2.45, 2.75) is 34.6 Å². The SMILES string of the molecule is CC1=C(C)C(C)(C)C(SC(=S)N(C)C)=C1C.[Cl][Zr][Cl]. The first-order chi connectivity index (χ1) is 8.61. The number of thioether (sulfide) groups is 1. The average molecular weight is 418 g/mol. The Morgan fingerprint density at radius 2 is 1.58 bits per heavy atom. The molecule has 0 aliphatic heterocycles. The van der Waals surface area contributed by atoms with E-state index in [2.05, 4.69) is 34.6 Å². The fraction of sp³-hybridized carbons (Fsp3) is 0.615. The van der Waals surface area contributed by atoms with Crippen molar-refractivity contribution in [1.29, 1.82) is 0 Å². The molecule has 0 amide bonds. The van der Waals surface area contributed by atoms with Crippen molar-refractivity contribution in [3.05, 3.63) is 21.6 Å². The summed E-state index contributed by atoms with van der Waals surface area (Å²) in [6, 6.07) is 0. The predicted molar refractivity (Wildman–Crippen MR) is 90.4 cm³/mol. The summed E-state index contributed by atoms with van der Waals surface area (Å²) in [7, 11) is 13.9. The third-order valence-corrected chi connectivity index (χ3v) is 5.70. The van der Waals surface area contributed by atoms with Crippen molar-refractivity contribution >= 4 is 45.3 Å². The molecule has 0 spiro atoms. The van der Waals surface area contributed by atoms with Gasteiger partial charge in [0.2, 0.25) is 0 Å². The molecule has 1 aliphatic carbocycles. The number of hydrogen-bond acceptors (Lipinski definition) is 2. The van der Waals surface area contributed by atoms with Crippen molar-refractivity contribution < 1.29 is 20.8 Å². The van der Waals surface area contributed by atoms with E-state index < -0.39 is 20.8 Å². The zero-order chi connectivity index (χ0) is 15.4. The third-order valence-electron chi connectivity index (χ3n) is 3.53. The summed E-state index contributed by atoms with van der Waals surface area (Å²) in [5.74, 6) is 0. The molecule has 0 aromatic rings. The van der Waals surface area contributed by atoms with Crippen molar-refractivity contribution in [3.63, 3.8) is 0 Å². The summed E-state index contributed by atoms with van der Waals surface area (Å²) >= 11 is 6.29. The molecule has 1 nitrogen and oxygen atoms in total. The van der Waals surface area contributed by atoms with Gasteiger partial charge in [0.1, 0.15) is 4.32 Å². The van der Waals surface area contributed by atoms with Crippen molar-refractivity contribution in [2.75, 3.05) is 14.1 Å². The molecule has 0 heterocycles. The molecule has 6 heteroatoms. The van der Waals surface area contributed by atoms with Gasteiger partial charge in [-0.25, -0.2) is 0 Å². The molecule has 1 aliphatic rings. The Labute approximate surface area is 145 Å². The first kappa shape index (κ1) is 20.2.